The molecule has 0 radical (unpaired) electrons. The number of hydrogen-bond acceptors (Lipinski definition) is 7. The van der Waals surface area contributed by atoms with Crippen molar-refractivity contribution in [2.75, 3.05) is 19.7 Å². The number of amides is 3. The van der Waals surface area contributed by atoms with Crippen LogP contribution in [0.1, 0.15) is 74.7 Å². The molecular weight excluding hydrogens is 490 g/mol. The van der Waals surface area contributed by atoms with E-state index in [9.17, 15) is 19.2 Å². The van der Waals surface area contributed by atoms with Crippen LogP contribution < -0.4 is 16.0 Å². The summed E-state index contributed by atoms with van der Waals surface area (Å²) in [6, 6.07) is -0.936. The Morgan fingerprint density at radius 3 is 2.08 bits per heavy atom. The quantitative estimate of drug-likeness (QED) is 0.0973. The second kappa shape index (κ2) is 17.3. The average molecular weight is 538 g/mol. The van der Waals surface area contributed by atoms with E-state index < -0.39 is 41.3 Å². The van der Waals surface area contributed by atoms with Gasteiger partial charge in [-0.3, -0.25) is 9.59 Å². The zero-order valence-electron chi connectivity index (χ0n) is 24.3. The highest BCUT2D eigenvalue weighted by Crippen LogP contribution is 2.13. The van der Waals surface area contributed by atoms with Gasteiger partial charge in [0.2, 0.25) is 5.91 Å². The lowest BCUT2D eigenvalue weighted by Crippen LogP contribution is -2.49. The number of unbranched alkanes of at least 4 members (excludes halogenated alkanes) is 1. The summed E-state index contributed by atoms with van der Waals surface area (Å²) in [5, 5.41) is 7.73. The van der Waals surface area contributed by atoms with Crippen LogP contribution in [-0.4, -0.2) is 61.0 Å². The van der Waals surface area contributed by atoms with Crippen LogP contribution in [0.15, 0.2) is 36.5 Å². The van der Waals surface area contributed by atoms with Gasteiger partial charge in [0.1, 0.15) is 30.4 Å². The van der Waals surface area contributed by atoms with Crippen molar-refractivity contribution < 1.29 is 33.4 Å². The number of carbonyl (C=O) groups excluding carboxylic acids is 4. The monoisotopic (exact) mass is 537 g/mol. The Balaban J connectivity index is 4.87. The first-order valence-corrected chi connectivity index (χ1v) is 12.9. The van der Waals surface area contributed by atoms with Crippen LogP contribution >= 0.6 is 0 Å². The molecule has 3 N–H and O–H groups in total. The van der Waals surface area contributed by atoms with Crippen molar-refractivity contribution >= 4 is 24.1 Å². The third kappa shape index (κ3) is 18.0. The Morgan fingerprint density at radius 2 is 1.53 bits per heavy atom. The zero-order valence-corrected chi connectivity index (χ0v) is 24.3. The molecule has 10 heteroatoms. The van der Waals surface area contributed by atoms with E-state index >= 15 is 0 Å². The second-order valence-electron chi connectivity index (χ2n) is 10.8. The Bertz CT molecular complexity index is 851. The second-order valence-corrected chi connectivity index (χ2v) is 10.8. The molecule has 0 saturated heterocycles. The molecule has 0 aliphatic rings. The van der Waals surface area contributed by atoms with Crippen molar-refractivity contribution in [1.82, 2.24) is 16.0 Å². The predicted molar refractivity (Wildman–Crippen MR) is 147 cm³/mol. The molecule has 0 heterocycles. The predicted octanol–water partition coefficient (Wildman–Crippen LogP) is 4.56. The zero-order chi connectivity index (χ0) is 29.4. The largest absolute Gasteiger partial charge is 0.460 e. The minimum atomic E-state index is -0.936. The van der Waals surface area contributed by atoms with Crippen molar-refractivity contribution in [3.8, 4) is 0 Å². The van der Waals surface area contributed by atoms with Crippen LogP contribution in [0.25, 0.3) is 0 Å². The first-order chi connectivity index (χ1) is 17.6. The van der Waals surface area contributed by atoms with E-state index in [0.717, 1.165) is 5.57 Å². The maximum Gasteiger partial charge on any atom is 0.408 e. The molecule has 0 aromatic rings. The molecule has 216 valence electrons. The Hall–Kier alpha value is -3.30. The molecule has 10 nitrogen and oxygen atoms in total. The molecule has 0 spiro atoms. The number of nitrogens with one attached hydrogen (secondary N) is 3. The molecule has 0 saturated carbocycles. The molecule has 38 heavy (non-hydrogen) atoms. The maximum atomic E-state index is 12.8. The van der Waals surface area contributed by atoms with E-state index in [1.54, 1.807) is 47.6 Å². The highest BCUT2D eigenvalue weighted by molar-refractivity contribution is 5.88. The molecule has 0 aliphatic heterocycles. The van der Waals surface area contributed by atoms with Gasteiger partial charge in [0, 0.05) is 6.54 Å². The fourth-order valence-corrected chi connectivity index (χ4v) is 3.04. The highest BCUT2D eigenvalue weighted by Gasteiger charge is 2.25. The lowest BCUT2D eigenvalue weighted by atomic mass is 10.0. The molecule has 0 rings (SSSR count). The number of esters is 1. The summed E-state index contributed by atoms with van der Waals surface area (Å²) in [5.41, 5.74) is -0.428. The summed E-state index contributed by atoms with van der Waals surface area (Å²) in [6.07, 6.45) is 7.37. The summed E-state index contributed by atoms with van der Waals surface area (Å²) < 4.78 is 15.7. The number of hydrogen-bond donors (Lipinski definition) is 3. The molecule has 3 amide bonds. The fourth-order valence-electron chi connectivity index (χ4n) is 3.04. The minimum absolute atomic E-state index is 0.0626. The molecule has 2 atom stereocenters. The third-order valence-corrected chi connectivity index (χ3v) is 4.89. The lowest BCUT2D eigenvalue weighted by Gasteiger charge is -2.23. The Labute approximate surface area is 227 Å². The summed E-state index contributed by atoms with van der Waals surface area (Å²) in [4.78, 5) is 49.1. The van der Waals surface area contributed by atoms with Crippen molar-refractivity contribution in [2.45, 2.75) is 91.9 Å². The topological polar surface area (TPSA) is 132 Å². The van der Waals surface area contributed by atoms with Gasteiger partial charge >= 0.3 is 18.2 Å². The summed E-state index contributed by atoms with van der Waals surface area (Å²) >= 11 is 0. The van der Waals surface area contributed by atoms with E-state index in [1.807, 2.05) is 32.1 Å². The smallest absolute Gasteiger partial charge is 0.408 e. The molecule has 1 unspecified atom stereocenters. The van der Waals surface area contributed by atoms with E-state index in [2.05, 4.69) is 22.5 Å². The number of carbonyl (C=O) groups is 4. The number of rotatable bonds is 14. The summed E-state index contributed by atoms with van der Waals surface area (Å²) in [7, 11) is 0. The minimum Gasteiger partial charge on any atom is -0.460 e. The average Bonchev–Trinajstić information content (AvgIpc) is 2.78. The number of allylic oxidation sites excluding steroid dienone is 4. The summed E-state index contributed by atoms with van der Waals surface area (Å²) in [6.45, 7) is 18.0. The first kappa shape index (κ1) is 34.7. The van der Waals surface area contributed by atoms with Gasteiger partial charge in [-0.15, -0.1) is 0 Å². The molecule has 0 bridgehead atoms. The van der Waals surface area contributed by atoms with Gasteiger partial charge in [-0.05, 0) is 79.2 Å². The van der Waals surface area contributed by atoms with Crippen molar-refractivity contribution in [2.24, 2.45) is 5.92 Å². The molecule has 0 aliphatic carbocycles. The van der Waals surface area contributed by atoms with Crippen LogP contribution in [0.3, 0.4) is 0 Å². The van der Waals surface area contributed by atoms with Gasteiger partial charge in [0.05, 0.1) is 0 Å². The normalized spacial score (nSPS) is 13.7. The third-order valence-electron chi connectivity index (χ3n) is 4.89. The number of alkyl carbamates (subject to hydrolysis) is 2. The van der Waals surface area contributed by atoms with Gasteiger partial charge in [-0.2, -0.15) is 0 Å². The van der Waals surface area contributed by atoms with Crippen molar-refractivity contribution in [3.63, 3.8) is 0 Å². The van der Waals surface area contributed by atoms with Crippen LogP contribution in [0, 0.1) is 5.92 Å². The van der Waals surface area contributed by atoms with E-state index in [0.29, 0.717) is 19.4 Å². The Morgan fingerprint density at radius 1 is 0.921 bits per heavy atom. The van der Waals surface area contributed by atoms with Crippen LogP contribution in [-0.2, 0) is 23.8 Å². The van der Waals surface area contributed by atoms with Crippen LogP contribution in [0.2, 0.25) is 0 Å². The van der Waals surface area contributed by atoms with Gasteiger partial charge in [-0.25, -0.2) is 9.59 Å². The van der Waals surface area contributed by atoms with E-state index in [4.69, 9.17) is 14.2 Å². The summed E-state index contributed by atoms with van der Waals surface area (Å²) in [5.74, 6) is -1.08. The van der Waals surface area contributed by atoms with Crippen LogP contribution in [0.5, 0.6) is 0 Å². The van der Waals surface area contributed by atoms with Gasteiger partial charge in [0.15, 0.2) is 0 Å². The molecule has 0 aromatic heterocycles. The number of ether oxygens (including phenoxy) is 3. The van der Waals surface area contributed by atoms with E-state index in [1.165, 1.54) is 0 Å². The Kier molecular flexibility index (Phi) is 15.8. The van der Waals surface area contributed by atoms with Gasteiger partial charge in [-0.1, -0.05) is 37.8 Å². The van der Waals surface area contributed by atoms with Gasteiger partial charge in [0.25, 0.3) is 0 Å². The van der Waals surface area contributed by atoms with Crippen molar-refractivity contribution in [3.05, 3.63) is 36.5 Å². The standard InChI is InChI=1S/C28H47N3O7/c1-10-12-15-20(3)21(11-2)19-36-23(32)18-30-24(33)22(31-26(35)38-28(7,8)9)16-13-14-17-29-25(34)37-27(4,5)6/h10-12,15,20,22H,1,13-14,16-19H2,2-9H3,(H,29,34)(H,30,33)(H,31,35)/b15-12-,21-11-/t20?,22-/m0/s1. The molecule has 0 fully saturated rings. The van der Waals surface area contributed by atoms with Crippen molar-refractivity contribution in [1.29, 1.82) is 0 Å². The van der Waals surface area contributed by atoms with E-state index in [-0.39, 0.29) is 25.5 Å². The molecular formula is C28H47N3O7. The fraction of sp³-hybridized carbons (Fsp3) is 0.643. The van der Waals surface area contributed by atoms with Crippen LogP contribution in [0.4, 0.5) is 9.59 Å². The maximum absolute atomic E-state index is 12.8. The lowest BCUT2D eigenvalue weighted by molar-refractivity contribution is -0.143. The highest BCUT2D eigenvalue weighted by atomic mass is 16.6. The molecule has 0 aromatic carbocycles. The SMILES string of the molecule is C=C/C=C\C(C)/C(=C\C)COC(=O)CNC(=O)[C@H](CCCCNC(=O)OC(C)(C)C)NC(=O)OC(C)(C)C. The first-order valence-electron chi connectivity index (χ1n) is 12.9. The van der Waals surface area contributed by atoms with Gasteiger partial charge < -0.3 is 30.2 Å².